The normalized spacial score (nSPS) is 17.3. The lowest BCUT2D eigenvalue weighted by Crippen LogP contribution is -2.35. The summed E-state index contributed by atoms with van der Waals surface area (Å²) < 4.78 is 40.1. The maximum Gasteiger partial charge on any atom is 0.418 e. The topological polar surface area (TPSA) is 15.3 Å². The zero-order valence-electron chi connectivity index (χ0n) is 12.0. The number of halogens is 4. The highest BCUT2D eigenvalue weighted by Crippen LogP contribution is 2.39. The molecule has 1 aromatic carbocycles. The van der Waals surface area contributed by atoms with Gasteiger partial charge < -0.3 is 10.2 Å². The molecular weight excluding hydrogens is 345 g/mol. The molecule has 0 atom stereocenters. The molecule has 1 aromatic rings. The van der Waals surface area contributed by atoms with Crippen molar-refractivity contribution in [3.63, 3.8) is 0 Å². The number of alkyl halides is 3. The van der Waals surface area contributed by atoms with Crippen LogP contribution in [0.4, 0.5) is 18.9 Å². The minimum atomic E-state index is -4.31. The number of rotatable bonds is 4. The maximum atomic E-state index is 13.1. The summed E-state index contributed by atoms with van der Waals surface area (Å²) in [5.74, 6) is 0.607. The standard InChI is InChI=1S/C15H20BrF3N2/c1-20-7-4-11-5-8-21(9-6-11)14-10-12(16)2-3-13(14)15(17,18)19/h2-3,10-11,20H,4-9H2,1H3. The molecule has 0 saturated carbocycles. The average molecular weight is 365 g/mol. The van der Waals surface area contributed by atoms with Crippen molar-refractivity contribution < 1.29 is 13.2 Å². The molecule has 1 heterocycles. The van der Waals surface area contributed by atoms with E-state index in [1.165, 1.54) is 6.07 Å². The summed E-state index contributed by atoms with van der Waals surface area (Å²) in [6.45, 7) is 2.34. The van der Waals surface area contributed by atoms with Crippen LogP contribution in [0.5, 0.6) is 0 Å². The Balaban J connectivity index is 2.11. The van der Waals surface area contributed by atoms with Gasteiger partial charge in [-0.05, 0) is 57.0 Å². The molecular formula is C15H20BrF3N2. The third-order valence-corrected chi connectivity index (χ3v) is 4.52. The first-order valence-electron chi connectivity index (χ1n) is 7.18. The van der Waals surface area contributed by atoms with E-state index in [1.807, 2.05) is 11.9 Å². The van der Waals surface area contributed by atoms with Gasteiger partial charge in [0.15, 0.2) is 0 Å². The maximum absolute atomic E-state index is 13.1. The molecule has 2 nitrogen and oxygen atoms in total. The molecule has 1 N–H and O–H groups in total. The molecule has 1 aliphatic heterocycles. The van der Waals surface area contributed by atoms with Crippen LogP contribution in [0.2, 0.25) is 0 Å². The zero-order chi connectivity index (χ0) is 15.5. The number of nitrogens with zero attached hydrogens (tertiary/aromatic N) is 1. The van der Waals surface area contributed by atoms with Gasteiger partial charge in [-0.2, -0.15) is 13.2 Å². The number of hydrogen-bond acceptors (Lipinski definition) is 2. The molecule has 0 spiro atoms. The first-order chi connectivity index (χ1) is 9.91. The minimum absolute atomic E-state index is 0.295. The molecule has 2 rings (SSSR count). The molecule has 1 saturated heterocycles. The molecule has 1 aliphatic rings. The van der Waals surface area contributed by atoms with Gasteiger partial charge in [-0.3, -0.25) is 0 Å². The SMILES string of the molecule is CNCCC1CCN(c2cc(Br)ccc2C(F)(F)F)CC1. The Kier molecular flexibility index (Phi) is 5.54. The molecule has 0 amide bonds. The van der Waals surface area contributed by atoms with Crippen LogP contribution >= 0.6 is 15.9 Å². The van der Waals surface area contributed by atoms with Gasteiger partial charge in [0.1, 0.15) is 0 Å². The van der Waals surface area contributed by atoms with Gasteiger partial charge in [0.2, 0.25) is 0 Å². The summed E-state index contributed by atoms with van der Waals surface area (Å²) >= 11 is 3.27. The fourth-order valence-corrected chi connectivity index (χ4v) is 3.17. The number of piperidine rings is 1. The van der Waals surface area contributed by atoms with Gasteiger partial charge in [-0.15, -0.1) is 0 Å². The fourth-order valence-electron chi connectivity index (χ4n) is 2.82. The van der Waals surface area contributed by atoms with Crippen molar-refractivity contribution in [1.29, 1.82) is 0 Å². The lowest BCUT2D eigenvalue weighted by atomic mass is 9.93. The van der Waals surface area contributed by atoms with Crippen LogP contribution in [0.3, 0.4) is 0 Å². The van der Waals surface area contributed by atoms with Gasteiger partial charge in [0, 0.05) is 17.6 Å². The monoisotopic (exact) mass is 364 g/mol. The smallest absolute Gasteiger partial charge is 0.371 e. The second-order valence-electron chi connectivity index (χ2n) is 5.48. The molecule has 1 fully saturated rings. The van der Waals surface area contributed by atoms with Crippen LogP contribution in [0.15, 0.2) is 22.7 Å². The Morgan fingerprint density at radius 1 is 1.29 bits per heavy atom. The van der Waals surface area contributed by atoms with Crippen LogP contribution in [-0.2, 0) is 6.18 Å². The summed E-state index contributed by atoms with van der Waals surface area (Å²) in [5, 5.41) is 3.13. The summed E-state index contributed by atoms with van der Waals surface area (Å²) in [6, 6.07) is 4.19. The van der Waals surface area contributed by atoms with Crippen LogP contribution in [-0.4, -0.2) is 26.7 Å². The molecule has 0 bridgehead atoms. The van der Waals surface area contributed by atoms with Crippen molar-refractivity contribution in [2.24, 2.45) is 5.92 Å². The van der Waals surface area contributed by atoms with Crippen molar-refractivity contribution in [3.8, 4) is 0 Å². The Bertz CT molecular complexity index is 468. The molecule has 0 unspecified atom stereocenters. The van der Waals surface area contributed by atoms with E-state index in [2.05, 4.69) is 21.2 Å². The average Bonchev–Trinajstić information content (AvgIpc) is 2.44. The highest BCUT2D eigenvalue weighted by atomic mass is 79.9. The lowest BCUT2D eigenvalue weighted by Gasteiger charge is -2.35. The number of anilines is 1. The van der Waals surface area contributed by atoms with E-state index in [1.54, 1.807) is 6.07 Å². The van der Waals surface area contributed by atoms with E-state index in [4.69, 9.17) is 0 Å². The van der Waals surface area contributed by atoms with E-state index in [9.17, 15) is 13.2 Å². The van der Waals surface area contributed by atoms with Crippen molar-refractivity contribution in [2.75, 3.05) is 31.6 Å². The highest BCUT2D eigenvalue weighted by molar-refractivity contribution is 9.10. The first-order valence-corrected chi connectivity index (χ1v) is 7.97. The van der Waals surface area contributed by atoms with E-state index < -0.39 is 11.7 Å². The molecule has 0 radical (unpaired) electrons. The van der Waals surface area contributed by atoms with Gasteiger partial charge in [0.05, 0.1) is 11.3 Å². The Labute approximate surface area is 131 Å². The van der Waals surface area contributed by atoms with E-state index in [0.29, 0.717) is 29.2 Å². The van der Waals surface area contributed by atoms with Crippen LogP contribution in [0, 0.1) is 5.92 Å². The zero-order valence-corrected chi connectivity index (χ0v) is 13.6. The van der Waals surface area contributed by atoms with Crippen molar-refractivity contribution in [1.82, 2.24) is 5.32 Å². The molecule has 0 aliphatic carbocycles. The lowest BCUT2D eigenvalue weighted by molar-refractivity contribution is -0.137. The van der Waals surface area contributed by atoms with Crippen LogP contribution in [0.25, 0.3) is 0 Å². The van der Waals surface area contributed by atoms with Crippen molar-refractivity contribution in [3.05, 3.63) is 28.2 Å². The molecule has 21 heavy (non-hydrogen) atoms. The predicted octanol–water partition coefficient (Wildman–Crippen LogP) is 4.29. The van der Waals surface area contributed by atoms with Gasteiger partial charge in [-0.25, -0.2) is 0 Å². The van der Waals surface area contributed by atoms with Gasteiger partial charge in [-0.1, -0.05) is 15.9 Å². The van der Waals surface area contributed by atoms with E-state index >= 15 is 0 Å². The van der Waals surface area contributed by atoms with Gasteiger partial charge >= 0.3 is 6.18 Å². The van der Waals surface area contributed by atoms with E-state index in [0.717, 1.165) is 31.9 Å². The predicted molar refractivity (Wildman–Crippen MR) is 82.6 cm³/mol. The summed E-state index contributed by atoms with van der Waals surface area (Å²) in [6.07, 6.45) is -1.31. The third-order valence-electron chi connectivity index (χ3n) is 4.02. The largest absolute Gasteiger partial charge is 0.418 e. The third kappa shape index (κ3) is 4.36. The minimum Gasteiger partial charge on any atom is -0.371 e. The molecule has 118 valence electrons. The second-order valence-corrected chi connectivity index (χ2v) is 6.40. The first kappa shape index (κ1) is 16.6. The Morgan fingerprint density at radius 3 is 2.52 bits per heavy atom. The summed E-state index contributed by atoms with van der Waals surface area (Å²) in [5.41, 5.74) is -0.247. The second kappa shape index (κ2) is 7.01. The van der Waals surface area contributed by atoms with Crippen LogP contribution in [0.1, 0.15) is 24.8 Å². The quantitative estimate of drug-likeness (QED) is 0.856. The highest BCUT2D eigenvalue weighted by Gasteiger charge is 2.35. The van der Waals surface area contributed by atoms with E-state index in [-0.39, 0.29) is 0 Å². The summed E-state index contributed by atoms with van der Waals surface area (Å²) in [7, 11) is 1.92. The Hall–Kier alpha value is -0.750. The summed E-state index contributed by atoms with van der Waals surface area (Å²) in [4.78, 5) is 1.86. The van der Waals surface area contributed by atoms with Gasteiger partial charge in [0.25, 0.3) is 0 Å². The number of benzene rings is 1. The van der Waals surface area contributed by atoms with Crippen LogP contribution < -0.4 is 10.2 Å². The van der Waals surface area contributed by atoms with Crippen molar-refractivity contribution >= 4 is 21.6 Å². The fraction of sp³-hybridized carbons (Fsp3) is 0.600. The van der Waals surface area contributed by atoms with Crippen molar-refractivity contribution in [2.45, 2.75) is 25.4 Å². The Morgan fingerprint density at radius 2 is 1.95 bits per heavy atom. The molecule has 6 heteroatoms. The number of hydrogen-bond donors (Lipinski definition) is 1. The number of nitrogens with one attached hydrogen (secondary N) is 1. The molecule has 0 aromatic heterocycles.